The fourth-order valence-electron chi connectivity index (χ4n) is 4.51. The number of unbranched alkanes of at least 4 members (excludes halogenated alkanes) is 2. The van der Waals surface area contributed by atoms with E-state index in [4.69, 9.17) is 4.74 Å². The van der Waals surface area contributed by atoms with Crippen LogP contribution in [0.2, 0.25) is 0 Å². The highest BCUT2D eigenvalue weighted by Crippen LogP contribution is 2.38. The lowest BCUT2D eigenvalue weighted by molar-refractivity contribution is -0.147. The van der Waals surface area contributed by atoms with Crippen LogP contribution in [0.25, 0.3) is 0 Å². The van der Waals surface area contributed by atoms with E-state index in [1.165, 1.54) is 0 Å². The zero-order valence-corrected chi connectivity index (χ0v) is 23.7. The number of nitrogens with zero attached hydrogens (tertiary/aromatic N) is 1. The molecular formula is C29H47N3O5. The minimum Gasteiger partial charge on any atom is -0.507 e. The number of alkyl carbamates (subject to hydrolysis) is 1. The van der Waals surface area contributed by atoms with E-state index in [1.807, 2.05) is 13.8 Å². The Labute approximate surface area is 222 Å². The number of phenols is 1. The summed E-state index contributed by atoms with van der Waals surface area (Å²) in [5.41, 5.74) is 0.318. The number of hydrogen-bond acceptors (Lipinski definition) is 5. The summed E-state index contributed by atoms with van der Waals surface area (Å²) < 4.78 is 5.44. The summed E-state index contributed by atoms with van der Waals surface area (Å²) in [5.74, 6) is -0.536. The Morgan fingerprint density at radius 2 is 1.84 bits per heavy atom. The quantitative estimate of drug-likeness (QED) is 0.323. The van der Waals surface area contributed by atoms with Crippen molar-refractivity contribution in [3.05, 3.63) is 29.3 Å². The van der Waals surface area contributed by atoms with Crippen LogP contribution in [-0.2, 0) is 14.3 Å². The van der Waals surface area contributed by atoms with Crippen LogP contribution in [-0.4, -0.2) is 52.1 Å². The minimum absolute atomic E-state index is 0.00819. The zero-order chi connectivity index (χ0) is 27.8. The van der Waals surface area contributed by atoms with Crippen molar-refractivity contribution >= 4 is 17.9 Å². The molecule has 0 radical (unpaired) electrons. The summed E-state index contributed by atoms with van der Waals surface area (Å²) in [4.78, 5) is 42.2. The van der Waals surface area contributed by atoms with Crippen molar-refractivity contribution in [3.8, 4) is 5.75 Å². The highest BCUT2D eigenvalue weighted by Gasteiger charge is 2.43. The smallest absolute Gasteiger partial charge is 0.408 e. The molecule has 1 aliphatic carbocycles. The molecule has 0 bridgehead atoms. The number of benzene rings is 1. The van der Waals surface area contributed by atoms with Crippen LogP contribution in [0.4, 0.5) is 4.79 Å². The number of hydrogen-bond donors (Lipinski definition) is 3. The molecular weight excluding hydrogens is 470 g/mol. The van der Waals surface area contributed by atoms with Gasteiger partial charge in [0.1, 0.15) is 23.4 Å². The van der Waals surface area contributed by atoms with Crippen molar-refractivity contribution < 1.29 is 24.2 Å². The predicted octanol–water partition coefficient (Wildman–Crippen LogP) is 5.37. The number of ether oxygens (including phenoxy) is 1. The molecule has 37 heavy (non-hydrogen) atoms. The first-order chi connectivity index (χ1) is 17.4. The number of phenolic OH excluding ortho intramolecular Hbond substituents is 1. The molecule has 8 nitrogen and oxygen atoms in total. The minimum atomic E-state index is -1.01. The van der Waals surface area contributed by atoms with Gasteiger partial charge in [-0.3, -0.25) is 9.59 Å². The van der Waals surface area contributed by atoms with Gasteiger partial charge in [0.2, 0.25) is 11.8 Å². The molecule has 2 unspecified atom stereocenters. The number of aryl methyl sites for hydroxylation is 1. The molecule has 3 amide bonds. The van der Waals surface area contributed by atoms with E-state index in [-0.39, 0.29) is 29.5 Å². The number of para-hydroxylation sites is 1. The van der Waals surface area contributed by atoms with Crippen LogP contribution in [0.3, 0.4) is 0 Å². The fourth-order valence-corrected chi connectivity index (χ4v) is 4.51. The summed E-state index contributed by atoms with van der Waals surface area (Å²) in [6.45, 7) is 13.6. The molecule has 0 spiro atoms. The molecule has 0 saturated heterocycles. The van der Waals surface area contributed by atoms with E-state index in [1.54, 1.807) is 50.8 Å². The topological polar surface area (TPSA) is 108 Å². The van der Waals surface area contributed by atoms with Gasteiger partial charge in [0.25, 0.3) is 0 Å². The maximum Gasteiger partial charge on any atom is 0.408 e. The van der Waals surface area contributed by atoms with E-state index in [2.05, 4.69) is 17.6 Å². The van der Waals surface area contributed by atoms with E-state index in [9.17, 15) is 19.5 Å². The number of carbonyl (C=O) groups is 3. The summed E-state index contributed by atoms with van der Waals surface area (Å²) in [5, 5.41) is 16.7. The van der Waals surface area contributed by atoms with Crippen molar-refractivity contribution in [2.24, 2.45) is 5.92 Å². The molecule has 8 heteroatoms. The third-order valence-corrected chi connectivity index (χ3v) is 6.59. The first-order valence-corrected chi connectivity index (χ1v) is 13.7. The largest absolute Gasteiger partial charge is 0.507 e. The van der Waals surface area contributed by atoms with Crippen molar-refractivity contribution in [1.29, 1.82) is 0 Å². The van der Waals surface area contributed by atoms with Crippen LogP contribution in [0, 0.1) is 12.8 Å². The Kier molecular flexibility index (Phi) is 11.3. The zero-order valence-electron chi connectivity index (χ0n) is 23.7. The summed E-state index contributed by atoms with van der Waals surface area (Å²) in [6.07, 6.45) is 5.05. The Morgan fingerprint density at radius 3 is 2.38 bits per heavy atom. The molecule has 1 aromatic rings. The van der Waals surface area contributed by atoms with Crippen LogP contribution in [0.15, 0.2) is 18.2 Å². The number of rotatable bonds is 12. The van der Waals surface area contributed by atoms with E-state index >= 15 is 0 Å². The molecule has 0 aliphatic heterocycles. The van der Waals surface area contributed by atoms with Crippen molar-refractivity contribution in [2.45, 2.75) is 117 Å². The highest BCUT2D eigenvalue weighted by atomic mass is 16.6. The Balaban J connectivity index is 2.48. The van der Waals surface area contributed by atoms with Crippen molar-refractivity contribution in [1.82, 2.24) is 15.5 Å². The molecule has 0 heterocycles. The SMILES string of the molecule is CCCCCNC(=O)C(c1cccc(C)c1O)N(C(=O)C(CC(C)C)NC(=O)OC(C)(C)C)C1CCC1. The van der Waals surface area contributed by atoms with Gasteiger partial charge >= 0.3 is 6.09 Å². The van der Waals surface area contributed by atoms with Gasteiger partial charge in [-0.15, -0.1) is 0 Å². The predicted molar refractivity (Wildman–Crippen MR) is 145 cm³/mol. The van der Waals surface area contributed by atoms with Crippen LogP contribution in [0.5, 0.6) is 5.75 Å². The van der Waals surface area contributed by atoms with Gasteiger partial charge in [-0.2, -0.15) is 0 Å². The molecule has 1 fully saturated rings. The van der Waals surface area contributed by atoms with Gasteiger partial charge in [-0.1, -0.05) is 51.8 Å². The molecule has 2 atom stereocenters. The third kappa shape index (κ3) is 8.93. The van der Waals surface area contributed by atoms with Crippen molar-refractivity contribution in [2.75, 3.05) is 6.54 Å². The van der Waals surface area contributed by atoms with Gasteiger partial charge in [-0.05, 0) is 71.3 Å². The van der Waals surface area contributed by atoms with Gasteiger partial charge < -0.3 is 25.4 Å². The lowest BCUT2D eigenvalue weighted by Crippen LogP contribution is -2.57. The number of nitrogens with one attached hydrogen (secondary N) is 2. The Bertz CT molecular complexity index is 921. The van der Waals surface area contributed by atoms with Gasteiger partial charge in [0.05, 0.1) is 0 Å². The number of amides is 3. The van der Waals surface area contributed by atoms with Crippen LogP contribution < -0.4 is 10.6 Å². The number of aromatic hydroxyl groups is 1. The monoisotopic (exact) mass is 517 g/mol. The Hall–Kier alpha value is -2.77. The standard InChI is InChI=1S/C29H47N3O5/c1-8-9-10-17-30-26(34)24(22-16-11-13-20(4)25(22)33)32(21-14-12-15-21)27(35)23(18-19(2)3)31-28(36)37-29(5,6)7/h11,13,16,19,21,23-24,33H,8-10,12,14-15,17-18H2,1-7H3,(H,30,34)(H,31,36). The summed E-state index contributed by atoms with van der Waals surface area (Å²) >= 11 is 0. The van der Waals surface area contributed by atoms with Crippen LogP contribution >= 0.6 is 0 Å². The maximum absolute atomic E-state index is 14.2. The second-order valence-corrected chi connectivity index (χ2v) is 11.6. The summed E-state index contributed by atoms with van der Waals surface area (Å²) in [7, 11) is 0. The second kappa shape index (κ2) is 13.7. The molecule has 1 saturated carbocycles. The number of carbonyl (C=O) groups excluding carboxylic acids is 3. The average molecular weight is 518 g/mol. The molecule has 1 aromatic carbocycles. The Morgan fingerprint density at radius 1 is 1.16 bits per heavy atom. The third-order valence-electron chi connectivity index (χ3n) is 6.59. The molecule has 208 valence electrons. The first-order valence-electron chi connectivity index (χ1n) is 13.7. The fraction of sp³-hybridized carbons (Fsp3) is 0.690. The lowest BCUT2D eigenvalue weighted by Gasteiger charge is -2.44. The molecule has 1 aliphatic rings. The van der Waals surface area contributed by atoms with E-state index in [0.29, 0.717) is 24.1 Å². The van der Waals surface area contributed by atoms with Crippen molar-refractivity contribution in [3.63, 3.8) is 0 Å². The maximum atomic E-state index is 14.2. The van der Waals surface area contributed by atoms with Gasteiger partial charge in [-0.25, -0.2) is 4.79 Å². The molecule has 3 N–H and O–H groups in total. The molecule has 2 rings (SSSR count). The normalized spacial score (nSPS) is 15.5. The van der Waals surface area contributed by atoms with Crippen LogP contribution in [0.1, 0.15) is 104 Å². The second-order valence-electron chi connectivity index (χ2n) is 11.6. The van der Waals surface area contributed by atoms with E-state index in [0.717, 1.165) is 38.5 Å². The lowest BCUT2D eigenvalue weighted by atomic mass is 9.87. The summed E-state index contributed by atoms with van der Waals surface area (Å²) in [6, 6.07) is 3.24. The van der Waals surface area contributed by atoms with Gasteiger partial charge in [0.15, 0.2) is 0 Å². The van der Waals surface area contributed by atoms with Gasteiger partial charge in [0, 0.05) is 18.2 Å². The highest BCUT2D eigenvalue weighted by molar-refractivity contribution is 5.93. The van der Waals surface area contributed by atoms with E-state index < -0.39 is 23.8 Å². The average Bonchev–Trinajstić information content (AvgIpc) is 2.75. The first kappa shape index (κ1) is 30.5. The molecule has 0 aromatic heterocycles.